The molecule has 0 aliphatic heterocycles. The molecule has 1 aromatic carbocycles. The maximum absolute atomic E-state index is 12.7. The molecular weight excluding hydrogens is 222 g/mol. The molecule has 2 N–H and O–H groups in total. The van der Waals surface area contributed by atoms with Gasteiger partial charge in [0.2, 0.25) is 0 Å². The zero-order valence-electron chi connectivity index (χ0n) is 8.20. The van der Waals surface area contributed by atoms with Crippen LogP contribution in [-0.2, 0) is 10.8 Å². The van der Waals surface area contributed by atoms with Crippen LogP contribution in [0.3, 0.4) is 0 Å². The molecule has 3 nitrogen and oxygen atoms in total. The van der Waals surface area contributed by atoms with Crippen molar-refractivity contribution in [1.29, 1.82) is 0 Å². The van der Waals surface area contributed by atoms with Gasteiger partial charge in [0.15, 0.2) is 10.5 Å². The summed E-state index contributed by atoms with van der Waals surface area (Å²) in [7, 11) is 0.173. The van der Waals surface area contributed by atoms with Crippen molar-refractivity contribution >= 4 is 10.5 Å². The van der Waals surface area contributed by atoms with Crippen LogP contribution < -0.4 is 0 Å². The minimum Gasteiger partial charge on any atom is -0.381 e. The Hall–Kier alpha value is -0.823. The van der Waals surface area contributed by atoms with E-state index in [0.29, 0.717) is 5.56 Å². The van der Waals surface area contributed by atoms with Crippen LogP contribution in [-0.4, -0.2) is 26.7 Å². The lowest BCUT2D eigenvalue weighted by Gasteiger charge is -2.19. The smallest absolute Gasteiger partial charge is 0.267 e. The number of rotatable bonds is 4. The van der Waals surface area contributed by atoms with E-state index in [1.807, 2.05) is 0 Å². The first-order valence-electron chi connectivity index (χ1n) is 4.38. The Labute approximate surface area is 88.9 Å². The third-order valence-electron chi connectivity index (χ3n) is 1.99. The monoisotopic (exact) mass is 234 g/mol. The molecule has 0 spiro atoms. The molecule has 0 fully saturated rings. The van der Waals surface area contributed by atoms with Crippen LogP contribution in [0, 0.1) is 11.6 Å². The fourth-order valence-corrected chi connectivity index (χ4v) is 1.37. The summed E-state index contributed by atoms with van der Waals surface area (Å²) in [6, 6.07) is 3.05. The van der Waals surface area contributed by atoms with Crippen LogP contribution >= 0.6 is 0 Å². The lowest BCUT2D eigenvalue weighted by molar-refractivity contribution is -0.294. The van der Waals surface area contributed by atoms with Gasteiger partial charge in [0.1, 0.15) is 11.6 Å². The summed E-state index contributed by atoms with van der Waals surface area (Å²) in [6.07, 6.45) is 0.00329. The van der Waals surface area contributed by atoms with Crippen molar-refractivity contribution in [2.75, 3.05) is 0 Å². The molecule has 0 bridgehead atoms. The fourth-order valence-electron chi connectivity index (χ4n) is 1.16. The predicted molar refractivity (Wildman–Crippen MR) is 52.9 cm³/mol. The van der Waals surface area contributed by atoms with Crippen LogP contribution in [0.2, 0.25) is 0 Å². The van der Waals surface area contributed by atoms with Gasteiger partial charge >= 0.3 is 0 Å². The van der Waals surface area contributed by atoms with Gasteiger partial charge in [0.25, 0.3) is 5.97 Å². The van der Waals surface area contributed by atoms with E-state index in [2.05, 4.69) is 4.43 Å². The van der Waals surface area contributed by atoms with Gasteiger partial charge in [-0.1, -0.05) is 0 Å². The van der Waals surface area contributed by atoms with Crippen LogP contribution in [0.25, 0.3) is 0 Å². The van der Waals surface area contributed by atoms with E-state index in [1.165, 1.54) is 0 Å². The van der Waals surface area contributed by atoms with E-state index in [9.17, 15) is 8.78 Å². The first-order valence-corrected chi connectivity index (χ1v) is 5.19. The van der Waals surface area contributed by atoms with E-state index in [0.717, 1.165) is 18.2 Å². The molecule has 0 aromatic heterocycles. The third-order valence-corrected chi connectivity index (χ3v) is 2.64. The summed E-state index contributed by atoms with van der Waals surface area (Å²) in [6.45, 7) is 0. The van der Waals surface area contributed by atoms with Crippen molar-refractivity contribution in [3.05, 3.63) is 35.4 Å². The highest BCUT2D eigenvalue weighted by atomic mass is 28.2. The zero-order valence-corrected chi connectivity index (χ0v) is 10.2. The van der Waals surface area contributed by atoms with E-state index in [-0.39, 0.29) is 23.3 Å². The van der Waals surface area contributed by atoms with Crippen molar-refractivity contribution in [3.8, 4) is 0 Å². The second kappa shape index (κ2) is 4.80. The first-order chi connectivity index (χ1) is 6.93. The van der Waals surface area contributed by atoms with Crippen LogP contribution in [0.4, 0.5) is 8.78 Å². The maximum Gasteiger partial charge on any atom is 0.267 e. The van der Waals surface area contributed by atoms with E-state index in [4.69, 9.17) is 10.2 Å². The van der Waals surface area contributed by atoms with Gasteiger partial charge in [-0.05, 0) is 24.1 Å². The molecule has 1 aromatic rings. The Morgan fingerprint density at radius 1 is 1.20 bits per heavy atom. The lowest BCUT2D eigenvalue weighted by atomic mass is 10.1. The molecule has 0 amide bonds. The Balaban J connectivity index is 2.65. The van der Waals surface area contributed by atoms with Gasteiger partial charge in [-0.15, -0.1) is 0 Å². The number of halogens is 2. The average molecular weight is 234 g/mol. The number of hydrogen-bond donors (Lipinski definition) is 2. The molecule has 6 heteroatoms. The van der Waals surface area contributed by atoms with E-state index >= 15 is 0 Å². The van der Waals surface area contributed by atoms with Gasteiger partial charge in [0, 0.05) is 12.5 Å². The first kappa shape index (κ1) is 12.2. The lowest BCUT2D eigenvalue weighted by Crippen LogP contribution is -2.31. The summed E-state index contributed by atoms with van der Waals surface area (Å²) in [5.74, 6) is -3.56. The molecular formula is C9H12F2O3Si. The minimum absolute atomic E-state index is 0.126. The summed E-state index contributed by atoms with van der Waals surface area (Å²) in [5, 5.41) is 18.2. The molecule has 1 rings (SSSR count). The minimum atomic E-state index is -2.20. The number of benzene rings is 1. The zero-order chi connectivity index (χ0) is 11.5. The largest absolute Gasteiger partial charge is 0.381 e. The molecule has 0 heterocycles. The van der Waals surface area contributed by atoms with E-state index < -0.39 is 17.6 Å². The number of hydrogen-bond acceptors (Lipinski definition) is 3. The van der Waals surface area contributed by atoms with Gasteiger partial charge in [-0.25, -0.2) is 8.78 Å². The molecule has 0 atom stereocenters. The van der Waals surface area contributed by atoms with Crippen molar-refractivity contribution in [1.82, 2.24) is 0 Å². The normalized spacial score (nSPS) is 12.0. The van der Waals surface area contributed by atoms with Crippen molar-refractivity contribution in [2.24, 2.45) is 0 Å². The summed E-state index contributed by atoms with van der Waals surface area (Å²) < 4.78 is 30.0. The van der Waals surface area contributed by atoms with Crippen molar-refractivity contribution < 1.29 is 23.4 Å². The van der Waals surface area contributed by atoms with E-state index in [1.54, 1.807) is 0 Å². The Bertz CT molecular complexity index is 324. The number of aryl methyl sites for hydroxylation is 1. The van der Waals surface area contributed by atoms with Gasteiger partial charge < -0.3 is 14.6 Å². The molecule has 84 valence electrons. The highest BCUT2D eigenvalue weighted by Crippen LogP contribution is 2.14. The van der Waals surface area contributed by atoms with Gasteiger partial charge in [-0.3, -0.25) is 0 Å². The molecule has 0 saturated heterocycles. The average Bonchev–Trinajstić information content (AvgIpc) is 2.14. The van der Waals surface area contributed by atoms with Gasteiger partial charge in [0.05, 0.1) is 0 Å². The molecule has 0 aliphatic rings. The Morgan fingerprint density at radius 3 is 2.20 bits per heavy atom. The molecule has 0 unspecified atom stereocenters. The predicted octanol–water partition coefficient (Wildman–Crippen LogP) is -0.167. The quantitative estimate of drug-likeness (QED) is 0.562. The second-order valence-corrected chi connectivity index (χ2v) is 3.63. The molecule has 0 saturated carbocycles. The number of aliphatic hydroxyl groups is 2. The van der Waals surface area contributed by atoms with Gasteiger partial charge in [-0.2, -0.15) is 0 Å². The SMILES string of the molecule is OC(O)(CCc1cc(F)cc(F)c1)O[SiH3]. The van der Waals surface area contributed by atoms with Crippen molar-refractivity contribution in [3.63, 3.8) is 0 Å². The standard InChI is InChI=1S/C9H12F2O3Si/c10-7-3-6(4-8(11)5-7)1-2-9(12,13)14-15/h3-5,12-13H,1-2H2,15H3. The molecule has 0 radical (unpaired) electrons. The third kappa shape index (κ3) is 4.04. The second-order valence-electron chi connectivity index (χ2n) is 3.22. The molecule has 15 heavy (non-hydrogen) atoms. The van der Waals surface area contributed by atoms with Crippen LogP contribution in [0.5, 0.6) is 0 Å². The molecule has 0 aliphatic carbocycles. The highest BCUT2D eigenvalue weighted by Gasteiger charge is 2.20. The van der Waals surface area contributed by atoms with Crippen LogP contribution in [0.1, 0.15) is 12.0 Å². The summed E-state index contributed by atoms with van der Waals surface area (Å²) in [4.78, 5) is 0. The van der Waals surface area contributed by atoms with Crippen LogP contribution in [0.15, 0.2) is 18.2 Å². The Kier molecular flexibility index (Phi) is 3.92. The maximum atomic E-state index is 12.7. The Morgan fingerprint density at radius 2 is 1.73 bits per heavy atom. The summed E-state index contributed by atoms with van der Waals surface area (Å²) >= 11 is 0. The summed E-state index contributed by atoms with van der Waals surface area (Å²) in [5.41, 5.74) is 0.360. The topological polar surface area (TPSA) is 49.7 Å². The highest BCUT2D eigenvalue weighted by molar-refractivity contribution is 5.98. The fraction of sp³-hybridized carbons (Fsp3) is 0.333. The van der Waals surface area contributed by atoms with Crippen molar-refractivity contribution in [2.45, 2.75) is 18.8 Å².